The Hall–Kier alpha value is -2.70. The van der Waals surface area contributed by atoms with Crippen LogP contribution in [0.4, 0.5) is 5.69 Å². The van der Waals surface area contributed by atoms with E-state index in [0.29, 0.717) is 23.8 Å². The molecule has 0 aliphatic carbocycles. The van der Waals surface area contributed by atoms with Crippen LogP contribution < -0.4 is 10.6 Å². The predicted octanol–water partition coefficient (Wildman–Crippen LogP) is 1.80. The van der Waals surface area contributed by atoms with Crippen molar-refractivity contribution in [3.8, 4) is 0 Å². The Bertz CT molecular complexity index is 694. The van der Waals surface area contributed by atoms with Gasteiger partial charge in [0.05, 0.1) is 0 Å². The molecule has 0 spiro atoms. The number of nitrogens with zero attached hydrogens (tertiary/aromatic N) is 2. The molecular formula is C16H20N4O3. The van der Waals surface area contributed by atoms with Crippen molar-refractivity contribution in [3.05, 3.63) is 41.5 Å². The second-order valence-corrected chi connectivity index (χ2v) is 5.53. The number of amides is 2. The van der Waals surface area contributed by atoms with Gasteiger partial charge in [0.1, 0.15) is 0 Å². The fourth-order valence-electron chi connectivity index (χ4n) is 1.88. The first-order chi connectivity index (χ1) is 11.0. The number of carbonyl (C=O) groups excluding carboxylic acids is 2. The van der Waals surface area contributed by atoms with Crippen molar-refractivity contribution in [3.63, 3.8) is 0 Å². The Labute approximate surface area is 134 Å². The number of carbonyl (C=O) groups is 2. The fourth-order valence-corrected chi connectivity index (χ4v) is 1.88. The smallest absolute Gasteiger partial charge is 0.313 e. The molecule has 1 heterocycles. The van der Waals surface area contributed by atoms with Gasteiger partial charge in [0.25, 0.3) is 0 Å². The summed E-state index contributed by atoms with van der Waals surface area (Å²) in [6.45, 7) is 6.09. The van der Waals surface area contributed by atoms with Gasteiger partial charge in [-0.25, -0.2) is 0 Å². The topological polar surface area (TPSA) is 97.1 Å². The van der Waals surface area contributed by atoms with Crippen LogP contribution in [-0.4, -0.2) is 28.5 Å². The number of benzene rings is 1. The summed E-state index contributed by atoms with van der Waals surface area (Å²) in [5.74, 6) is -0.155. The zero-order chi connectivity index (χ0) is 16.8. The zero-order valence-corrected chi connectivity index (χ0v) is 13.4. The zero-order valence-electron chi connectivity index (χ0n) is 13.4. The SMILES string of the molecule is Cc1cccc(NC(=O)C(=O)NCCc2nc(C(C)C)no2)c1. The Kier molecular flexibility index (Phi) is 5.46. The van der Waals surface area contributed by atoms with Crippen LogP contribution in [0, 0.1) is 6.92 Å². The molecule has 0 radical (unpaired) electrons. The number of hydrogen-bond donors (Lipinski definition) is 2. The van der Waals surface area contributed by atoms with Crippen LogP contribution in [0.5, 0.6) is 0 Å². The Balaban J connectivity index is 1.78. The van der Waals surface area contributed by atoms with Crippen LogP contribution in [0.25, 0.3) is 0 Å². The largest absolute Gasteiger partial charge is 0.347 e. The average molecular weight is 316 g/mol. The average Bonchev–Trinajstić information content (AvgIpc) is 2.96. The lowest BCUT2D eigenvalue weighted by Crippen LogP contribution is -2.36. The molecule has 23 heavy (non-hydrogen) atoms. The van der Waals surface area contributed by atoms with Gasteiger partial charge in [-0.15, -0.1) is 0 Å². The second-order valence-electron chi connectivity index (χ2n) is 5.53. The molecule has 1 aromatic heterocycles. The molecule has 0 saturated carbocycles. The number of aromatic nitrogens is 2. The number of hydrogen-bond acceptors (Lipinski definition) is 5. The molecule has 1 aromatic carbocycles. The Morgan fingerprint density at radius 2 is 2.04 bits per heavy atom. The molecule has 0 aliphatic rings. The van der Waals surface area contributed by atoms with Crippen LogP contribution in [0.1, 0.15) is 37.0 Å². The van der Waals surface area contributed by atoms with Gasteiger partial charge < -0.3 is 15.2 Å². The maximum atomic E-state index is 11.8. The molecule has 0 bridgehead atoms. The van der Waals surface area contributed by atoms with E-state index >= 15 is 0 Å². The van der Waals surface area contributed by atoms with Gasteiger partial charge in [-0.2, -0.15) is 4.98 Å². The molecule has 2 N–H and O–H groups in total. The van der Waals surface area contributed by atoms with E-state index in [0.717, 1.165) is 5.56 Å². The third kappa shape index (κ3) is 4.91. The Morgan fingerprint density at radius 1 is 1.26 bits per heavy atom. The van der Waals surface area contributed by atoms with E-state index < -0.39 is 11.8 Å². The van der Waals surface area contributed by atoms with Gasteiger partial charge in [0.2, 0.25) is 5.89 Å². The highest BCUT2D eigenvalue weighted by Gasteiger charge is 2.14. The minimum absolute atomic E-state index is 0.183. The first kappa shape index (κ1) is 16.7. The van der Waals surface area contributed by atoms with E-state index in [9.17, 15) is 9.59 Å². The first-order valence-electron chi connectivity index (χ1n) is 7.44. The minimum atomic E-state index is -0.705. The van der Waals surface area contributed by atoms with Crippen LogP contribution in [0.2, 0.25) is 0 Å². The van der Waals surface area contributed by atoms with Gasteiger partial charge in [0.15, 0.2) is 5.82 Å². The fraction of sp³-hybridized carbons (Fsp3) is 0.375. The van der Waals surface area contributed by atoms with Crippen LogP contribution in [-0.2, 0) is 16.0 Å². The van der Waals surface area contributed by atoms with Gasteiger partial charge in [-0.05, 0) is 24.6 Å². The summed E-state index contributed by atoms with van der Waals surface area (Å²) in [6.07, 6.45) is 0.378. The highest BCUT2D eigenvalue weighted by atomic mass is 16.5. The summed E-state index contributed by atoms with van der Waals surface area (Å²) >= 11 is 0. The van der Waals surface area contributed by atoms with Gasteiger partial charge in [0, 0.05) is 24.6 Å². The van der Waals surface area contributed by atoms with Crippen molar-refractivity contribution in [2.24, 2.45) is 0 Å². The molecule has 7 nitrogen and oxygen atoms in total. The third-order valence-electron chi connectivity index (χ3n) is 3.11. The summed E-state index contributed by atoms with van der Waals surface area (Å²) < 4.78 is 5.06. The number of anilines is 1. The van der Waals surface area contributed by atoms with Crippen molar-refractivity contribution in [2.45, 2.75) is 33.1 Å². The van der Waals surface area contributed by atoms with Gasteiger partial charge in [-0.3, -0.25) is 9.59 Å². The molecular weight excluding hydrogens is 296 g/mol. The lowest BCUT2D eigenvalue weighted by molar-refractivity contribution is -0.136. The monoisotopic (exact) mass is 316 g/mol. The molecule has 0 unspecified atom stereocenters. The molecule has 7 heteroatoms. The van der Waals surface area contributed by atoms with Crippen LogP contribution in [0.15, 0.2) is 28.8 Å². The summed E-state index contributed by atoms with van der Waals surface area (Å²) in [6, 6.07) is 7.23. The molecule has 0 fully saturated rings. The van der Waals surface area contributed by atoms with E-state index in [2.05, 4.69) is 20.8 Å². The Morgan fingerprint density at radius 3 is 2.70 bits per heavy atom. The minimum Gasteiger partial charge on any atom is -0.347 e. The summed E-state index contributed by atoms with van der Waals surface area (Å²) in [4.78, 5) is 27.7. The summed E-state index contributed by atoms with van der Waals surface area (Å²) in [5, 5.41) is 8.91. The normalized spacial score (nSPS) is 10.6. The van der Waals surface area contributed by atoms with Crippen molar-refractivity contribution in [2.75, 3.05) is 11.9 Å². The quantitative estimate of drug-likeness (QED) is 0.820. The van der Waals surface area contributed by atoms with Crippen molar-refractivity contribution >= 4 is 17.5 Å². The van der Waals surface area contributed by atoms with E-state index in [-0.39, 0.29) is 12.5 Å². The van der Waals surface area contributed by atoms with Gasteiger partial charge >= 0.3 is 11.8 Å². The van der Waals surface area contributed by atoms with E-state index in [1.54, 1.807) is 12.1 Å². The van der Waals surface area contributed by atoms with E-state index in [4.69, 9.17) is 4.52 Å². The maximum absolute atomic E-state index is 11.8. The summed E-state index contributed by atoms with van der Waals surface area (Å²) in [7, 11) is 0. The highest BCUT2D eigenvalue weighted by Crippen LogP contribution is 2.10. The molecule has 0 saturated heterocycles. The van der Waals surface area contributed by atoms with Gasteiger partial charge in [-0.1, -0.05) is 31.1 Å². The van der Waals surface area contributed by atoms with E-state index in [1.807, 2.05) is 32.9 Å². The molecule has 2 aromatic rings. The highest BCUT2D eigenvalue weighted by molar-refractivity contribution is 6.39. The lowest BCUT2D eigenvalue weighted by Gasteiger charge is -2.06. The molecule has 122 valence electrons. The van der Waals surface area contributed by atoms with Crippen molar-refractivity contribution in [1.29, 1.82) is 0 Å². The summed E-state index contributed by atoms with van der Waals surface area (Å²) in [5.41, 5.74) is 1.59. The van der Waals surface area contributed by atoms with Crippen molar-refractivity contribution in [1.82, 2.24) is 15.5 Å². The standard InChI is InChI=1S/C16H20N4O3/c1-10(2)14-19-13(23-20-14)7-8-17-15(21)16(22)18-12-6-4-5-11(3)9-12/h4-6,9-10H,7-8H2,1-3H3,(H,17,21)(H,18,22). The molecule has 2 amide bonds. The predicted molar refractivity (Wildman–Crippen MR) is 84.9 cm³/mol. The van der Waals surface area contributed by atoms with E-state index in [1.165, 1.54) is 0 Å². The maximum Gasteiger partial charge on any atom is 0.313 e. The first-order valence-corrected chi connectivity index (χ1v) is 7.44. The molecule has 0 atom stereocenters. The second kappa shape index (κ2) is 7.53. The number of rotatable bonds is 5. The van der Waals surface area contributed by atoms with Crippen LogP contribution >= 0.6 is 0 Å². The third-order valence-corrected chi connectivity index (χ3v) is 3.11. The molecule has 0 aliphatic heterocycles. The lowest BCUT2D eigenvalue weighted by atomic mass is 10.2. The molecule has 2 rings (SSSR count). The number of aryl methyl sites for hydroxylation is 1. The van der Waals surface area contributed by atoms with Crippen molar-refractivity contribution < 1.29 is 14.1 Å². The van der Waals surface area contributed by atoms with Crippen LogP contribution in [0.3, 0.4) is 0 Å². The number of nitrogens with one attached hydrogen (secondary N) is 2.